The average molecular weight is 597 g/mol. The molecule has 8 aromatic carbocycles. The number of para-hydroxylation sites is 2. The number of aromatic nitrogens is 2. The Morgan fingerprint density at radius 1 is 0.362 bits per heavy atom. The van der Waals surface area contributed by atoms with E-state index in [0.717, 1.165) is 0 Å². The van der Waals surface area contributed by atoms with Crippen molar-refractivity contribution in [2.24, 2.45) is 0 Å². The molecule has 47 heavy (non-hydrogen) atoms. The molecule has 0 bridgehead atoms. The maximum atomic E-state index is 4.20. The number of rotatable bonds is 4. The Kier molecular flexibility index (Phi) is 5.61. The minimum Gasteiger partial charge on any atom is -0.309 e. The lowest BCUT2D eigenvalue weighted by Gasteiger charge is -2.17. The fourth-order valence-electron chi connectivity index (χ4n) is 7.71. The first-order valence-electron chi connectivity index (χ1n) is 16.1. The zero-order valence-electron chi connectivity index (χ0n) is 25.6. The fraction of sp³-hybridized carbons (Fsp3) is 0. The number of benzene rings is 8. The van der Waals surface area contributed by atoms with E-state index in [4.69, 9.17) is 0 Å². The van der Waals surface area contributed by atoms with Gasteiger partial charge in [-0.25, -0.2) is 0 Å². The second-order valence-electron chi connectivity index (χ2n) is 12.4. The predicted octanol–water partition coefficient (Wildman–Crippen LogP) is 12.1. The topological polar surface area (TPSA) is 17.8 Å². The monoisotopic (exact) mass is 596 g/mol. The maximum absolute atomic E-state index is 4.20. The van der Waals surface area contributed by atoms with Gasteiger partial charge in [-0.1, -0.05) is 115 Å². The highest BCUT2D eigenvalue weighted by molar-refractivity contribution is 6.27. The Bertz CT molecular complexity index is 2720. The van der Waals surface area contributed by atoms with Crippen molar-refractivity contribution >= 4 is 54.1 Å². The molecule has 218 valence electrons. The van der Waals surface area contributed by atoms with Gasteiger partial charge in [-0.15, -0.1) is 0 Å². The van der Waals surface area contributed by atoms with Crippen molar-refractivity contribution < 1.29 is 0 Å². The van der Waals surface area contributed by atoms with Crippen LogP contribution in [0.2, 0.25) is 0 Å². The molecule has 2 heterocycles. The number of hydrogen-bond acceptors (Lipinski definition) is 1. The van der Waals surface area contributed by atoms with Gasteiger partial charge in [0.1, 0.15) is 0 Å². The lowest BCUT2D eigenvalue weighted by molar-refractivity contribution is 1.18. The van der Waals surface area contributed by atoms with Gasteiger partial charge in [0.2, 0.25) is 0 Å². The minimum atomic E-state index is 1.17. The average Bonchev–Trinajstić information content (AvgIpc) is 3.48. The first-order valence-corrected chi connectivity index (χ1v) is 16.1. The summed E-state index contributed by atoms with van der Waals surface area (Å²) in [6, 6.07) is 57.8. The number of hydrogen-bond donors (Lipinski definition) is 0. The molecule has 2 heteroatoms. The Hall–Kier alpha value is -6.25. The molecule has 10 aromatic rings. The molecule has 2 nitrogen and oxygen atoms in total. The van der Waals surface area contributed by atoms with Gasteiger partial charge in [0.25, 0.3) is 0 Å². The molecule has 0 radical (unpaired) electrons. The maximum Gasteiger partial charge on any atom is 0.0541 e. The molecular formula is C45H28N2. The molecule has 0 saturated carbocycles. The molecule has 10 rings (SSSR count). The lowest BCUT2D eigenvalue weighted by atomic mass is 9.87. The number of nitrogens with zero attached hydrogens (tertiary/aromatic N) is 2. The first kappa shape index (κ1) is 26.0. The van der Waals surface area contributed by atoms with Gasteiger partial charge in [0.05, 0.1) is 11.0 Å². The minimum absolute atomic E-state index is 1.17. The molecule has 0 N–H and O–H groups in total. The van der Waals surface area contributed by atoms with Crippen LogP contribution in [0.25, 0.3) is 93.2 Å². The van der Waals surface area contributed by atoms with Crippen LogP contribution in [-0.4, -0.2) is 9.55 Å². The molecule has 0 atom stereocenters. The van der Waals surface area contributed by atoms with E-state index in [9.17, 15) is 0 Å². The van der Waals surface area contributed by atoms with Crippen molar-refractivity contribution in [3.63, 3.8) is 0 Å². The van der Waals surface area contributed by atoms with Crippen molar-refractivity contribution in [3.05, 3.63) is 170 Å². The summed E-state index contributed by atoms with van der Waals surface area (Å²) in [7, 11) is 0. The second kappa shape index (κ2) is 10.1. The van der Waals surface area contributed by atoms with Crippen LogP contribution in [0.5, 0.6) is 0 Å². The SMILES string of the molecule is c1cc(-c2ccncc2)cc(-c2ccc3ccc4c(-c5ccc(-n6c7ccccc7c7ccccc76)cc5)ccc5ccc2c3c54)c1. The van der Waals surface area contributed by atoms with E-state index in [1.54, 1.807) is 0 Å². The van der Waals surface area contributed by atoms with Crippen molar-refractivity contribution in [1.82, 2.24) is 9.55 Å². The molecule has 0 spiro atoms. The zero-order chi connectivity index (χ0) is 30.9. The van der Waals surface area contributed by atoms with E-state index in [1.807, 2.05) is 12.4 Å². The summed E-state index contributed by atoms with van der Waals surface area (Å²) in [5, 5.41) is 10.3. The summed E-state index contributed by atoms with van der Waals surface area (Å²) in [6.07, 6.45) is 3.71. The lowest BCUT2D eigenvalue weighted by Crippen LogP contribution is -1.94. The van der Waals surface area contributed by atoms with Gasteiger partial charge >= 0.3 is 0 Å². The second-order valence-corrected chi connectivity index (χ2v) is 12.4. The Morgan fingerprint density at radius 2 is 0.915 bits per heavy atom. The normalized spacial score (nSPS) is 11.8. The van der Waals surface area contributed by atoms with E-state index >= 15 is 0 Å². The van der Waals surface area contributed by atoms with Gasteiger partial charge in [0.15, 0.2) is 0 Å². The Morgan fingerprint density at radius 3 is 1.55 bits per heavy atom. The van der Waals surface area contributed by atoms with E-state index < -0.39 is 0 Å². The van der Waals surface area contributed by atoms with Crippen LogP contribution < -0.4 is 0 Å². The summed E-state index contributed by atoms with van der Waals surface area (Å²) in [6.45, 7) is 0. The van der Waals surface area contributed by atoms with Crippen molar-refractivity contribution in [2.45, 2.75) is 0 Å². The van der Waals surface area contributed by atoms with Crippen LogP contribution in [-0.2, 0) is 0 Å². The predicted molar refractivity (Wildman–Crippen MR) is 199 cm³/mol. The molecule has 0 aliphatic rings. The third-order valence-corrected chi connectivity index (χ3v) is 9.87. The van der Waals surface area contributed by atoms with E-state index in [1.165, 1.54) is 93.2 Å². The molecule has 0 amide bonds. The summed E-state index contributed by atoms with van der Waals surface area (Å²) in [5.41, 5.74) is 10.9. The molecule has 0 fully saturated rings. The van der Waals surface area contributed by atoms with Gasteiger partial charge in [-0.2, -0.15) is 0 Å². The summed E-state index contributed by atoms with van der Waals surface area (Å²) < 4.78 is 2.38. The smallest absolute Gasteiger partial charge is 0.0541 e. The van der Waals surface area contributed by atoms with E-state index in [-0.39, 0.29) is 0 Å². The van der Waals surface area contributed by atoms with Crippen molar-refractivity contribution in [1.29, 1.82) is 0 Å². The number of pyridine rings is 1. The van der Waals surface area contributed by atoms with Crippen LogP contribution in [0, 0.1) is 0 Å². The van der Waals surface area contributed by atoms with Gasteiger partial charge in [0, 0.05) is 28.9 Å². The highest BCUT2D eigenvalue weighted by Gasteiger charge is 2.16. The highest BCUT2D eigenvalue weighted by atomic mass is 15.0. The van der Waals surface area contributed by atoms with Crippen LogP contribution in [0.3, 0.4) is 0 Å². The quantitative estimate of drug-likeness (QED) is 0.185. The first-order chi connectivity index (χ1) is 23.3. The molecule has 0 unspecified atom stereocenters. The van der Waals surface area contributed by atoms with Crippen LogP contribution in [0.15, 0.2) is 170 Å². The molecule has 0 aliphatic carbocycles. The standard InChI is InChI=1S/C45H28N2/c1-3-10-42-38(8-1)39-9-2-4-11-43(39)47(42)35-18-12-30(13-19-35)36-20-14-31-17-23-41-37(21-15-32-16-22-40(36)44(31)45(32)41)34-7-5-6-33(28-34)29-24-26-46-27-25-29/h1-28H. The molecule has 0 saturated heterocycles. The summed E-state index contributed by atoms with van der Waals surface area (Å²) in [5.74, 6) is 0. The van der Waals surface area contributed by atoms with Crippen molar-refractivity contribution in [3.8, 4) is 39.1 Å². The zero-order valence-corrected chi connectivity index (χ0v) is 25.6. The van der Waals surface area contributed by atoms with Gasteiger partial charge in [-0.05, 0) is 108 Å². The van der Waals surface area contributed by atoms with E-state index in [2.05, 4.69) is 167 Å². The highest BCUT2D eigenvalue weighted by Crippen LogP contribution is 2.43. The van der Waals surface area contributed by atoms with E-state index in [0.29, 0.717) is 0 Å². The Balaban J connectivity index is 1.13. The third kappa shape index (κ3) is 3.95. The number of fused-ring (bicyclic) bond motifs is 3. The van der Waals surface area contributed by atoms with Crippen molar-refractivity contribution in [2.75, 3.05) is 0 Å². The van der Waals surface area contributed by atoms with Crippen LogP contribution >= 0.6 is 0 Å². The van der Waals surface area contributed by atoms with Crippen LogP contribution in [0.4, 0.5) is 0 Å². The summed E-state index contributed by atoms with van der Waals surface area (Å²) in [4.78, 5) is 4.20. The van der Waals surface area contributed by atoms with Crippen LogP contribution in [0.1, 0.15) is 0 Å². The molecule has 2 aromatic heterocycles. The molecular weight excluding hydrogens is 569 g/mol. The molecule has 0 aliphatic heterocycles. The largest absolute Gasteiger partial charge is 0.309 e. The summed E-state index contributed by atoms with van der Waals surface area (Å²) >= 11 is 0. The Labute approximate surface area is 272 Å². The van der Waals surface area contributed by atoms with Gasteiger partial charge < -0.3 is 4.57 Å². The van der Waals surface area contributed by atoms with Gasteiger partial charge in [-0.3, -0.25) is 4.98 Å². The third-order valence-electron chi connectivity index (χ3n) is 9.87. The fourth-order valence-corrected chi connectivity index (χ4v) is 7.71.